The van der Waals surface area contributed by atoms with Crippen LogP contribution in [0.2, 0.25) is 5.02 Å². The van der Waals surface area contributed by atoms with Crippen LogP contribution in [0.1, 0.15) is 22.5 Å². The lowest BCUT2D eigenvalue weighted by Gasteiger charge is -2.24. The quantitative estimate of drug-likeness (QED) is 0.711. The predicted molar refractivity (Wildman–Crippen MR) is 97.5 cm³/mol. The molecule has 130 valence electrons. The molecule has 4 rings (SSSR count). The topological polar surface area (TPSA) is 34.0 Å². The third-order valence-corrected chi connectivity index (χ3v) is 5.10. The van der Waals surface area contributed by atoms with Crippen LogP contribution in [-0.4, -0.2) is 33.0 Å². The maximum Gasteiger partial charge on any atom is 0.140 e. The first kappa shape index (κ1) is 16.5. The van der Waals surface area contributed by atoms with Crippen molar-refractivity contribution in [3.8, 4) is 0 Å². The van der Waals surface area contributed by atoms with Crippen LogP contribution in [0.15, 0.2) is 30.6 Å². The Hall–Kier alpha value is -1.98. The van der Waals surface area contributed by atoms with Gasteiger partial charge in [0.1, 0.15) is 12.3 Å². The van der Waals surface area contributed by atoms with Crippen LogP contribution in [0.4, 0.5) is 4.39 Å². The van der Waals surface area contributed by atoms with Gasteiger partial charge in [0, 0.05) is 49.5 Å². The van der Waals surface area contributed by atoms with Crippen molar-refractivity contribution in [1.82, 2.24) is 19.4 Å². The molecule has 0 saturated heterocycles. The van der Waals surface area contributed by atoms with E-state index in [2.05, 4.69) is 26.5 Å². The molecule has 4 nitrogen and oxygen atoms in total. The first-order chi connectivity index (χ1) is 12.2. The molecule has 0 unspecified atom stereocenters. The van der Waals surface area contributed by atoms with Crippen molar-refractivity contribution in [2.75, 3.05) is 13.6 Å². The second kappa shape index (κ2) is 6.73. The van der Waals surface area contributed by atoms with Crippen LogP contribution in [-0.2, 0) is 32.6 Å². The molecule has 0 saturated carbocycles. The molecule has 0 amide bonds. The molecule has 1 aliphatic heterocycles. The first-order valence-corrected chi connectivity index (χ1v) is 8.87. The number of alkyl halides is 1. The predicted octanol–water partition coefficient (Wildman–Crippen LogP) is 3.78. The molecule has 4 heterocycles. The summed E-state index contributed by atoms with van der Waals surface area (Å²) >= 11 is 6.18. The number of nitrogens with zero attached hydrogens (tertiary/aromatic N) is 4. The van der Waals surface area contributed by atoms with Crippen LogP contribution in [0.5, 0.6) is 0 Å². The lowest BCUT2D eigenvalue weighted by molar-refractivity contribution is 0.309. The Morgan fingerprint density at radius 1 is 1.24 bits per heavy atom. The smallest absolute Gasteiger partial charge is 0.140 e. The summed E-state index contributed by atoms with van der Waals surface area (Å²) < 4.78 is 14.9. The summed E-state index contributed by atoms with van der Waals surface area (Å²) in [6, 6.07) is 5.74. The van der Waals surface area contributed by atoms with E-state index in [1.165, 1.54) is 11.3 Å². The Kier molecular flexibility index (Phi) is 4.44. The molecule has 0 radical (unpaired) electrons. The number of rotatable bonds is 4. The molecule has 6 heteroatoms. The molecule has 1 aliphatic rings. The number of hydrogen-bond donors (Lipinski definition) is 0. The highest BCUT2D eigenvalue weighted by atomic mass is 35.5. The molecule has 0 bridgehead atoms. The van der Waals surface area contributed by atoms with Crippen LogP contribution < -0.4 is 0 Å². The molecule has 3 aromatic rings. The van der Waals surface area contributed by atoms with E-state index in [1.54, 1.807) is 18.5 Å². The van der Waals surface area contributed by atoms with Gasteiger partial charge in [-0.1, -0.05) is 17.7 Å². The minimum Gasteiger partial charge on any atom is -0.329 e. The second-order valence-corrected chi connectivity index (χ2v) is 7.07. The van der Waals surface area contributed by atoms with Crippen molar-refractivity contribution < 1.29 is 4.39 Å². The van der Waals surface area contributed by atoms with Gasteiger partial charge in [0.05, 0.1) is 10.7 Å². The van der Waals surface area contributed by atoms with E-state index in [0.717, 1.165) is 49.1 Å². The number of halogens is 2. The monoisotopic (exact) mass is 358 g/mol. The number of aryl methyl sites for hydroxylation is 2. The summed E-state index contributed by atoms with van der Waals surface area (Å²) in [5, 5.41) is 1.83. The molecule has 0 aromatic carbocycles. The summed E-state index contributed by atoms with van der Waals surface area (Å²) in [4.78, 5) is 11.1. The first-order valence-electron chi connectivity index (χ1n) is 8.49. The van der Waals surface area contributed by atoms with Crippen molar-refractivity contribution in [1.29, 1.82) is 0 Å². The SMILES string of the molecule is CN1CCc2c(c3cc(Cl)cnc3n2CCc2ccc(CF)nc2)C1. The van der Waals surface area contributed by atoms with Crippen molar-refractivity contribution in [2.24, 2.45) is 0 Å². The van der Waals surface area contributed by atoms with Crippen LogP contribution in [0, 0.1) is 0 Å². The standard InChI is InChI=1S/C19H20ClFN4/c1-24-6-5-18-17(12-24)16-8-14(20)11-23-19(16)25(18)7-4-13-2-3-15(9-21)22-10-13/h2-3,8,10-11H,4-7,9,12H2,1H3. The molecule has 0 fully saturated rings. The van der Waals surface area contributed by atoms with Crippen molar-refractivity contribution >= 4 is 22.6 Å². The summed E-state index contributed by atoms with van der Waals surface area (Å²) in [5.41, 5.74) is 5.28. The van der Waals surface area contributed by atoms with Gasteiger partial charge in [0.2, 0.25) is 0 Å². The molecule has 0 spiro atoms. The Morgan fingerprint density at radius 3 is 2.88 bits per heavy atom. The van der Waals surface area contributed by atoms with E-state index in [-0.39, 0.29) is 0 Å². The van der Waals surface area contributed by atoms with Gasteiger partial charge >= 0.3 is 0 Å². The van der Waals surface area contributed by atoms with Gasteiger partial charge in [-0.25, -0.2) is 9.37 Å². The zero-order valence-electron chi connectivity index (χ0n) is 14.2. The summed E-state index contributed by atoms with van der Waals surface area (Å²) in [7, 11) is 2.14. The Bertz CT molecular complexity index is 904. The highest BCUT2D eigenvalue weighted by Crippen LogP contribution is 2.31. The largest absolute Gasteiger partial charge is 0.329 e. The molecule has 0 atom stereocenters. The van der Waals surface area contributed by atoms with E-state index in [0.29, 0.717) is 10.7 Å². The molecule has 3 aromatic heterocycles. The van der Waals surface area contributed by atoms with Crippen molar-refractivity contribution in [2.45, 2.75) is 32.6 Å². The number of likely N-dealkylation sites (N-methyl/N-ethyl adjacent to an activating group) is 1. The fraction of sp³-hybridized carbons (Fsp3) is 0.368. The van der Waals surface area contributed by atoms with Crippen LogP contribution >= 0.6 is 11.6 Å². The van der Waals surface area contributed by atoms with Crippen LogP contribution in [0.25, 0.3) is 11.0 Å². The zero-order chi connectivity index (χ0) is 17.4. The van der Waals surface area contributed by atoms with E-state index < -0.39 is 6.67 Å². The number of fused-ring (bicyclic) bond motifs is 3. The van der Waals surface area contributed by atoms with E-state index >= 15 is 0 Å². The number of pyridine rings is 2. The highest BCUT2D eigenvalue weighted by molar-refractivity contribution is 6.31. The van der Waals surface area contributed by atoms with E-state index in [9.17, 15) is 4.39 Å². The van der Waals surface area contributed by atoms with Crippen LogP contribution in [0.3, 0.4) is 0 Å². The Morgan fingerprint density at radius 2 is 2.12 bits per heavy atom. The lowest BCUT2D eigenvalue weighted by Crippen LogP contribution is -2.27. The third kappa shape index (κ3) is 3.14. The maximum atomic E-state index is 12.6. The van der Waals surface area contributed by atoms with E-state index in [1.807, 2.05) is 12.1 Å². The van der Waals surface area contributed by atoms with Gasteiger partial charge in [-0.15, -0.1) is 0 Å². The second-order valence-electron chi connectivity index (χ2n) is 6.63. The Balaban J connectivity index is 1.68. The van der Waals surface area contributed by atoms with Crippen molar-refractivity contribution in [3.63, 3.8) is 0 Å². The molecule has 0 N–H and O–H groups in total. The third-order valence-electron chi connectivity index (χ3n) is 4.89. The fourth-order valence-electron chi connectivity index (χ4n) is 3.59. The minimum absolute atomic E-state index is 0.479. The maximum absolute atomic E-state index is 12.6. The average Bonchev–Trinajstić information content (AvgIpc) is 2.92. The minimum atomic E-state index is -0.520. The average molecular weight is 359 g/mol. The lowest BCUT2D eigenvalue weighted by atomic mass is 10.1. The van der Waals surface area contributed by atoms with Gasteiger partial charge in [-0.05, 0) is 36.7 Å². The van der Waals surface area contributed by atoms with Crippen molar-refractivity contribution in [3.05, 3.63) is 58.1 Å². The summed E-state index contributed by atoms with van der Waals surface area (Å²) in [6.07, 6.45) is 5.34. The number of aromatic nitrogens is 3. The van der Waals surface area contributed by atoms with Gasteiger partial charge < -0.3 is 9.47 Å². The molecular formula is C19H20ClFN4. The van der Waals surface area contributed by atoms with Gasteiger partial charge in [0.15, 0.2) is 0 Å². The van der Waals surface area contributed by atoms with Gasteiger partial charge in [0.25, 0.3) is 0 Å². The molecule has 25 heavy (non-hydrogen) atoms. The zero-order valence-corrected chi connectivity index (χ0v) is 14.9. The summed E-state index contributed by atoms with van der Waals surface area (Å²) in [6.45, 7) is 2.28. The molecular weight excluding hydrogens is 339 g/mol. The normalized spacial score (nSPS) is 14.8. The fourth-order valence-corrected chi connectivity index (χ4v) is 3.75. The molecule has 0 aliphatic carbocycles. The Labute approximate surface area is 151 Å². The van der Waals surface area contributed by atoms with Gasteiger partial charge in [-0.2, -0.15) is 0 Å². The number of hydrogen-bond acceptors (Lipinski definition) is 3. The van der Waals surface area contributed by atoms with Gasteiger partial charge in [-0.3, -0.25) is 4.98 Å². The van der Waals surface area contributed by atoms with E-state index in [4.69, 9.17) is 11.6 Å². The summed E-state index contributed by atoms with van der Waals surface area (Å²) in [5.74, 6) is 0. The highest BCUT2D eigenvalue weighted by Gasteiger charge is 2.23.